The highest BCUT2D eigenvalue weighted by Gasteiger charge is 2.22. The van der Waals surface area contributed by atoms with E-state index in [4.69, 9.17) is 11.6 Å². The molecule has 1 aliphatic rings. The Morgan fingerprint density at radius 3 is 2.75 bits per heavy atom. The largest absolute Gasteiger partial charge is 0.391 e. The Kier molecular flexibility index (Phi) is 3.66. The molecule has 2 N–H and O–H groups in total. The fraction of sp³-hybridized carbons (Fsp3) is 0.500. The fourth-order valence-electron chi connectivity index (χ4n) is 2.08. The first kappa shape index (κ1) is 11.7. The first-order valence-electron chi connectivity index (χ1n) is 5.56. The second kappa shape index (κ2) is 5.02. The Morgan fingerprint density at radius 1 is 1.31 bits per heavy atom. The van der Waals surface area contributed by atoms with Gasteiger partial charge in [0.1, 0.15) is 5.82 Å². The number of benzene rings is 1. The van der Waals surface area contributed by atoms with Crippen molar-refractivity contribution in [3.63, 3.8) is 0 Å². The molecular formula is C12H15ClFNO. The Bertz CT molecular complexity index is 372. The zero-order chi connectivity index (χ0) is 11.5. The van der Waals surface area contributed by atoms with E-state index in [1.165, 1.54) is 6.07 Å². The van der Waals surface area contributed by atoms with Gasteiger partial charge in [0.05, 0.1) is 17.2 Å². The number of rotatable bonds is 2. The van der Waals surface area contributed by atoms with Crippen LogP contribution in [0.4, 0.5) is 10.1 Å². The molecule has 4 heteroatoms. The topological polar surface area (TPSA) is 32.3 Å². The Hall–Kier alpha value is -0.800. The van der Waals surface area contributed by atoms with E-state index in [1.807, 2.05) is 0 Å². The van der Waals surface area contributed by atoms with Crippen molar-refractivity contribution < 1.29 is 9.50 Å². The van der Waals surface area contributed by atoms with Crippen molar-refractivity contribution in [2.45, 2.75) is 37.8 Å². The predicted molar refractivity (Wildman–Crippen MR) is 63.3 cm³/mol. The quantitative estimate of drug-likeness (QED) is 0.836. The molecule has 0 aliphatic heterocycles. The lowest BCUT2D eigenvalue weighted by molar-refractivity contribution is 0.116. The molecule has 2 nitrogen and oxygen atoms in total. The maximum Gasteiger partial charge on any atom is 0.141 e. The third-order valence-corrected chi connectivity index (χ3v) is 3.29. The van der Waals surface area contributed by atoms with E-state index in [9.17, 15) is 9.50 Å². The van der Waals surface area contributed by atoms with Crippen LogP contribution < -0.4 is 5.32 Å². The van der Waals surface area contributed by atoms with Crippen molar-refractivity contribution in [1.29, 1.82) is 0 Å². The number of hydrogen-bond acceptors (Lipinski definition) is 2. The lowest BCUT2D eigenvalue weighted by Gasteiger charge is -2.29. The molecule has 1 fully saturated rings. The van der Waals surface area contributed by atoms with Crippen LogP contribution in [0.3, 0.4) is 0 Å². The van der Waals surface area contributed by atoms with Gasteiger partial charge in [-0.2, -0.15) is 0 Å². The van der Waals surface area contributed by atoms with Crippen LogP contribution in [0, 0.1) is 5.82 Å². The number of aliphatic hydroxyl groups excluding tert-OH is 1. The third kappa shape index (κ3) is 2.66. The Morgan fingerprint density at radius 2 is 2.06 bits per heavy atom. The molecule has 88 valence electrons. The van der Waals surface area contributed by atoms with E-state index >= 15 is 0 Å². The molecule has 0 spiro atoms. The van der Waals surface area contributed by atoms with Crippen molar-refractivity contribution in [3.05, 3.63) is 29.0 Å². The summed E-state index contributed by atoms with van der Waals surface area (Å²) in [4.78, 5) is 0. The standard InChI is InChI=1S/C12H15ClFNO/c13-9-7-8(5-6-10(9)14)15-11-3-1-2-4-12(11)16/h5-7,11-12,15-16H,1-4H2. The summed E-state index contributed by atoms with van der Waals surface area (Å²) in [6, 6.07) is 4.58. The first-order chi connectivity index (χ1) is 7.66. The number of hydrogen-bond donors (Lipinski definition) is 2. The minimum Gasteiger partial charge on any atom is -0.391 e. The normalized spacial score (nSPS) is 25.4. The van der Waals surface area contributed by atoms with Crippen LogP contribution >= 0.6 is 11.6 Å². The zero-order valence-corrected chi connectivity index (χ0v) is 9.67. The molecular weight excluding hydrogens is 229 g/mol. The number of aliphatic hydroxyl groups is 1. The van der Waals surface area contributed by atoms with Gasteiger partial charge >= 0.3 is 0 Å². The number of halogens is 2. The van der Waals surface area contributed by atoms with Crippen molar-refractivity contribution in [2.75, 3.05) is 5.32 Å². The van der Waals surface area contributed by atoms with Gasteiger partial charge in [0.15, 0.2) is 0 Å². The average Bonchev–Trinajstić information content (AvgIpc) is 2.27. The lowest BCUT2D eigenvalue weighted by Crippen LogP contribution is -2.36. The molecule has 0 aromatic heterocycles. The number of nitrogens with one attached hydrogen (secondary N) is 1. The van der Waals surface area contributed by atoms with Gasteiger partial charge in [0, 0.05) is 5.69 Å². The molecule has 2 unspecified atom stereocenters. The summed E-state index contributed by atoms with van der Waals surface area (Å²) < 4.78 is 12.9. The van der Waals surface area contributed by atoms with Gasteiger partial charge in [-0.1, -0.05) is 24.4 Å². The average molecular weight is 244 g/mol. The molecule has 0 bridgehead atoms. The van der Waals surface area contributed by atoms with E-state index in [2.05, 4.69) is 5.32 Å². The molecule has 0 amide bonds. The fourth-order valence-corrected chi connectivity index (χ4v) is 2.26. The minimum atomic E-state index is -0.420. The van der Waals surface area contributed by atoms with Gasteiger partial charge in [-0.05, 0) is 31.0 Å². The molecule has 2 rings (SSSR count). The van der Waals surface area contributed by atoms with E-state index in [0.717, 1.165) is 31.4 Å². The molecule has 0 radical (unpaired) electrons. The molecule has 1 aliphatic carbocycles. The highest BCUT2D eigenvalue weighted by Crippen LogP contribution is 2.24. The van der Waals surface area contributed by atoms with Crippen LogP contribution in [0.15, 0.2) is 18.2 Å². The third-order valence-electron chi connectivity index (χ3n) is 3.00. The summed E-state index contributed by atoms with van der Waals surface area (Å²) in [5, 5.41) is 13.1. The zero-order valence-electron chi connectivity index (χ0n) is 8.92. The second-order valence-corrected chi connectivity index (χ2v) is 4.64. The van der Waals surface area contributed by atoms with E-state index in [0.29, 0.717) is 0 Å². The maximum atomic E-state index is 12.9. The Balaban J connectivity index is 2.05. The Labute approximate surface area is 99.4 Å². The predicted octanol–water partition coefficient (Wildman–Crippen LogP) is 3.19. The van der Waals surface area contributed by atoms with Crippen LogP contribution in [0.25, 0.3) is 0 Å². The van der Waals surface area contributed by atoms with E-state index in [1.54, 1.807) is 12.1 Å². The summed E-state index contributed by atoms with van der Waals surface area (Å²) in [6.07, 6.45) is 3.63. The van der Waals surface area contributed by atoms with Gasteiger partial charge in [0.25, 0.3) is 0 Å². The van der Waals surface area contributed by atoms with Gasteiger partial charge in [-0.3, -0.25) is 0 Å². The van der Waals surface area contributed by atoms with E-state index < -0.39 is 5.82 Å². The van der Waals surface area contributed by atoms with Crippen molar-refractivity contribution in [1.82, 2.24) is 0 Å². The van der Waals surface area contributed by atoms with Crippen LogP contribution in [0.2, 0.25) is 5.02 Å². The van der Waals surface area contributed by atoms with Crippen molar-refractivity contribution >= 4 is 17.3 Å². The monoisotopic (exact) mass is 243 g/mol. The summed E-state index contributed by atoms with van der Waals surface area (Å²) in [7, 11) is 0. The summed E-state index contributed by atoms with van der Waals surface area (Å²) in [5.74, 6) is -0.420. The molecule has 0 heterocycles. The first-order valence-corrected chi connectivity index (χ1v) is 5.94. The number of anilines is 1. The van der Waals surface area contributed by atoms with Gasteiger partial charge in [-0.15, -0.1) is 0 Å². The van der Waals surface area contributed by atoms with Gasteiger partial charge in [0.2, 0.25) is 0 Å². The van der Waals surface area contributed by atoms with Crippen LogP contribution in [-0.4, -0.2) is 17.3 Å². The maximum absolute atomic E-state index is 12.9. The SMILES string of the molecule is OC1CCCCC1Nc1ccc(F)c(Cl)c1. The lowest BCUT2D eigenvalue weighted by atomic mass is 9.92. The van der Waals surface area contributed by atoms with Gasteiger partial charge < -0.3 is 10.4 Å². The van der Waals surface area contributed by atoms with Crippen LogP contribution in [0.5, 0.6) is 0 Å². The van der Waals surface area contributed by atoms with Gasteiger partial charge in [-0.25, -0.2) is 4.39 Å². The summed E-state index contributed by atoms with van der Waals surface area (Å²) in [5.41, 5.74) is 0.761. The smallest absolute Gasteiger partial charge is 0.141 e. The van der Waals surface area contributed by atoms with Crippen molar-refractivity contribution in [2.24, 2.45) is 0 Å². The summed E-state index contributed by atoms with van der Waals surface area (Å²) in [6.45, 7) is 0. The summed E-state index contributed by atoms with van der Waals surface area (Å²) >= 11 is 5.69. The molecule has 2 atom stereocenters. The highest BCUT2D eigenvalue weighted by atomic mass is 35.5. The minimum absolute atomic E-state index is 0.0512. The molecule has 1 aromatic carbocycles. The second-order valence-electron chi connectivity index (χ2n) is 4.23. The molecule has 1 saturated carbocycles. The van der Waals surface area contributed by atoms with Crippen LogP contribution in [-0.2, 0) is 0 Å². The molecule has 0 saturated heterocycles. The molecule has 1 aromatic rings. The van der Waals surface area contributed by atoms with Crippen LogP contribution in [0.1, 0.15) is 25.7 Å². The van der Waals surface area contributed by atoms with E-state index in [-0.39, 0.29) is 17.2 Å². The highest BCUT2D eigenvalue weighted by molar-refractivity contribution is 6.31. The molecule has 16 heavy (non-hydrogen) atoms. The van der Waals surface area contributed by atoms with Crippen molar-refractivity contribution in [3.8, 4) is 0 Å².